The highest BCUT2D eigenvalue weighted by Crippen LogP contribution is 2.28. The lowest BCUT2D eigenvalue weighted by atomic mass is 9.78. The highest BCUT2D eigenvalue weighted by molar-refractivity contribution is 7.89. The van der Waals surface area contributed by atoms with Crippen molar-refractivity contribution >= 4 is 10.0 Å². The monoisotopic (exact) mass is 276 g/mol. The molecule has 0 saturated heterocycles. The summed E-state index contributed by atoms with van der Waals surface area (Å²) in [7, 11) is -3.85. The lowest BCUT2D eigenvalue weighted by Crippen LogP contribution is -2.54. The molecule has 1 saturated carbocycles. The smallest absolute Gasteiger partial charge is 0.240 e. The molecule has 1 fully saturated rings. The first kappa shape index (κ1) is 13.4. The molecule has 0 unspecified atom stereocenters. The number of sulfonamides is 1. The molecule has 18 heavy (non-hydrogen) atoms. The van der Waals surface area contributed by atoms with Crippen LogP contribution in [-0.4, -0.2) is 20.5 Å². The molecule has 0 heterocycles. The number of benzene rings is 1. The molecule has 3 N–H and O–H groups in total. The molecule has 7 heteroatoms. The van der Waals surface area contributed by atoms with Crippen LogP contribution in [0, 0.1) is 11.6 Å². The minimum atomic E-state index is -3.85. The average Bonchev–Trinajstić information content (AvgIpc) is 2.27. The van der Waals surface area contributed by atoms with E-state index in [1.807, 2.05) is 0 Å². The van der Waals surface area contributed by atoms with Crippen molar-refractivity contribution in [1.82, 2.24) is 4.72 Å². The molecule has 4 nitrogen and oxygen atoms in total. The van der Waals surface area contributed by atoms with Gasteiger partial charge in [0, 0.05) is 12.1 Å². The largest absolute Gasteiger partial charge is 0.324 e. The molecule has 0 aromatic heterocycles. The summed E-state index contributed by atoms with van der Waals surface area (Å²) in [5.41, 5.74) is 5.37. The molecule has 100 valence electrons. The number of halogens is 2. The van der Waals surface area contributed by atoms with Gasteiger partial charge in [-0.2, -0.15) is 0 Å². The molecular formula is C11H14F2N2O2S. The maximum absolute atomic E-state index is 13.0. The van der Waals surface area contributed by atoms with Gasteiger partial charge in [0.15, 0.2) is 11.6 Å². The van der Waals surface area contributed by atoms with Crippen molar-refractivity contribution in [2.45, 2.75) is 29.7 Å². The van der Waals surface area contributed by atoms with Crippen LogP contribution in [-0.2, 0) is 10.0 Å². The van der Waals surface area contributed by atoms with E-state index in [-0.39, 0.29) is 11.4 Å². The molecule has 0 amide bonds. The quantitative estimate of drug-likeness (QED) is 0.865. The highest BCUT2D eigenvalue weighted by Gasteiger charge is 2.33. The fourth-order valence-electron chi connectivity index (χ4n) is 1.77. The third-order valence-electron chi connectivity index (χ3n) is 3.16. The normalized spacial score (nSPS) is 18.4. The Kier molecular flexibility index (Phi) is 3.39. The van der Waals surface area contributed by atoms with Crippen LogP contribution < -0.4 is 10.5 Å². The zero-order valence-electron chi connectivity index (χ0n) is 9.62. The molecule has 2 rings (SSSR count). The molecule has 0 bridgehead atoms. The number of hydrogen-bond acceptors (Lipinski definition) is 3. The summed E-state index contributed by atoms with van der Waals surface area (Å²) in [5, 5.41) is 0. The lowest BCUT2D eigenvalue weighted by Gasteiger charge is -2.37. The Morgan fingerprint density at radius 1 is 1.28 bits per heavy atom. The summed E-state index contributed by atoms with van der Waals surface area (Å²) in [6, 6.07) is 2.46. The van der Waals surface area contributed by atoms with E-state index in [2.05, 4.69) is 4.72 Å². The van der Waals surface area contributed by atoms with E-state index in [0.29, 0.717) is 6.07 Å². The Balaban J connectivity index is 2.12. The van der Waals surface area contributed by atoms with Gasteiger partial charge in [-0.3, -0.25) is 0 Å². The summed E-state index contributed by atoms with van der Waals surface area (Å²) in [6.07, 6.45) is 2.49. The van der Waals surface area contributed by atoms with Crippen LogP contribution in [0.15, 0.2) is 23.1 Å². The van der Waals surface area contributed by atoms with Gasteiger partial charge in [0.1, 0.15) is 0 Å². The molecule has 1 aliphatic rings. The van der Waals surface area contributed by atoms with Gasteiger partial charge in [0.25, 0.3) is 0 Å². The zero-order valence-corrected chi connectivity index (χ0v) is 10.4. The summed E-state index contributed by atoms with van der Waals surface area (Å²) in [6.45, 7) is 0.105. The van der Waals surface area contributed by atoms with Gasteiger partial charge in [-0.25, -0.2) is 21.9 Å². The SMILES string of the molecule is NC1(CNS(=O)(=O)c2ccc(F)c(F)c2)CCC1. The number of hydrogen-bond donors (Lipinski definition) is 2. The molecule has 0 aliphatic heterocycles. The Bertz CT molecular complexity index is 556. The third kappa shape index (κ3) is 2.68. The van der Waals surface area contributed by atoms with E-state index in [1.54, 1.807) is 0 Å². The standard InChI is InChI=1S/C11H14F2N2O2S/c12-9-3-2-8(6-10(9)13)18(16,17)15-7-11(14)4-1-5-11/h2-3,6,15H,1,4-5,7,14H2. The van der Waals surface area contributed by atoms with E-state index in [0.717, 1.165) is 31.4 Å². The van der Waals surface area contributed by atoms with Gasteiger partial charge >= 0.3 is 0 Å². The minimum Gasteiger partial charge on any atom is -0.324 e. The Morgan fingerprint density at radius 2 is 1.94 bits per heavy atom. The molecule has 0 atom stereocenters. The number of rotatable bonds is 4. The van der Waals surface area contributed by atoms with Crippen molar-refractivity contribution in [3.8, 4) is 0 Å². The van der Waals surface area contributed by atoms with Crippen LogP contribution in [0.5, 0.6) is 0 Å². The highest BCUT2D eigenvalue weighted by atomic mass is 32.2. The first-order valence-electron chi connectivity index (χ1n) is 5.56. The summed E-state index contributed by atoms with van der Waals surface area (Å²) < 4.78 is 51.7. The number of nitrogens with one attached hydrogen (secondary N) is 1. The molecule has 1 aromatic carbocycles. The molecule has 1 aliphatic carbocycles. The van der Waals surface area contributed by atoms with E-state index in [4.69, 9.17) is 5.73 Å². The molecule has 0 spiro atoms. The second kappa shape index (κ2) is 4.56. The topological polar surface area (TPSA) is 72.2 Å². The fourth-order valence-corrected chi connectivity index (χ4v) is 2.92. The summed E-state index contributed by atoms with van der Waals surface area (Å²) >= 11 is 0. The van der Waals surface area contributed by atoms with Crippen molar-refractivity contribution in [2.24, 2.45) is 5.73 Å². The minimum absolute atomic E-state index is 0.105. The van der Waals surface area contributed by atoms with Gasteiger partial charge in [0.2, 0.25) is 10.0 Å². The van der Waals surface area contributed by atoms with Crippen LogP contribution in [0.4, 0.5) is 8.78 Å². The molecule has 1 aromatic rings. The van der Waals surface area contributed by atoms with Gasteiger partial charge in [-0.1, -0.05) is 0 Å². The number of nitrogens with two attached hydrogens (primary N) is 1. The van der Waals surface area contributed by atoms with Gasteiger partial charge in [0.05, 0.1) is 4.90 Å². The van der Waals surface area contributed by atoms with Crippen LogP contribution in [0.2, 0.25) is 0 Å². The Labute approximate surface area is 104 Å². The lowest BCUT2D eigenvalue weighted by molar-refractivity contribution is 0.251. The van der Waals surface area contributed by atoms with Crippen LogP contribution in [0.25, 0.3) is 0 Å². The van der Waals surface area contributed by atoms with Crippen molar-refractivity contribution in [1.29, 1.82) is 0 Å². The summed E-state index contributed by atoms with van der Waals surface area (Å²) in [4.78, 5) is -0.302. The zero-order chi connectivity index (χ0) is 13.4. The van der Waals surface area contributed by atoms with Crippen molar-refractivity contribution < 1.29 is 17.2 Å². The maximum atomic E-state index is 13.0. The van der Waals surface area contributed by atoms with Crippen LogP contribution in [0.3, 0.4) is 0 Å². The first-order chi connectivity index (χ1) is 8.32. The summed E-state index contributed by atoms with van der Waals surface area (Å²) in [5.74, 6) is -2.27. The second-order valence-electron chi connectivity index (χ2n) is 4.62. The van der Waals surface area contributed by atoms with Crippen LogP contribution >= 0.6 is 0 Å². The molecule has 0 radical (unpaired) electrons. The van der Waals surface area contributed by atoms with Crippen molar-refractivity contribution in [2.75, 3.05) is 6.54 Å². The van der Waals surface area contributed by atoms with Crippen LogP contribution in [0.1, 0.15) is 19.3 Å². The van der Waals surface area contributed by atoms with Gasteiger partial charge in [-0.15, -0.1) is 0 Å². The van der Waals surface area contributed by atoms with Gasteiger partial charge < -0.3 is 5.73 Å². The maximum Gasteiger partial charge on any atom is 0.240 e. The third-order valence-corrected chi connectivity index (χ3v) is 4.56. The van der Waals surface area contributed by atoms with E-state index in [1.165, 1.54) is 0 Å². The predicted molar refractivity (Wildman–Crippen MR) is 62.3 cm³/mol. The van der Waals surface area contributed by atoms with Gasteiger partial charge in [-0.05, 0) is 37.5 Å². The predicted octanol–water partition coefficient (Wildman–Crippen LogP) is 1.12. The Hall–Kier alpha value is -1.05. The second-order valence-corrected chi connectivity index (χ2v) is 6.38. The fraction of sp³-hybridized carbons (Fsp3) is 0.455. The van der Waals surface area contributed by atoms with Crippen molar-refractivity contribution in [3.05, 3.63) is 29.8 Å². The van der Waals surface area contributed by atoms with E-state index < -0.39 is 27.2 Å². The van der Waals surface area contributed by atoms with Crippen molar-refractivity contribution in [3.63, 3.8) is 0 Å². The first-order valence-corrected chi connectivity index (χ1v) is 7.04. The molecular weight excluding hydrogens is 262 g/mol. The van der Waals surface area contributed by atoms with E-state index in [9.17, 15) is 17.2 Å². The van der Waals surface area contributed by atoms with E-state index >= 15 is 0 Å². The average molecular weight is 276 g/mol. The Morgan fingerprint density at radius 3 is 2.44 bits per heavy atom.